The Bertz CT molecular complexity index is 957. The summed E-state index contributed by atoms with van der Waals surface area (Å²) in [7, 11) is -3.75. The largest absolute Gasteiger partial charge is 0.368 e. The second-order valence-corrected chi connectivity index (χ2v) is 8.86. The molecule has 1 heterocycles. The molecule has 0 aromatic heterocycles. The van der Waals surface area contributed by atoms with Crippen LogP contribution in [0.5, 0.6) is 0 Å². The third-order valence-corrected chi connectivity index (χ3v) is 6.17. The van der Waals surface area contributed by atoms with Gasteiger partial charge in [0.2, 0.25) is 15.9 Å². The quantitative estimate of drug-likeness (QED) is 0.741. The minimum Gasteiger partial charge on any atom is -0.368 e. The summed E-state index contributed by atoms with van der Waals surface area (Å²) < 4.78 is 52.0. The van der Waals surface area contributed by atoms with Crippen molar-refractivity contribution in [3.8, 4) is 0 Å². The number of nitrogens with zero attached hydrogens (tertiary/aromatic N) is 3. The van der Waals surface area contributed by atoms with Crippen molar-refractivity contribution in [2.24, 2.45) is 0 Å². The molecule has 0 N–H and O–H groups in total. The van der Waals surface area contributed by atoms with E-state index in [9.17, 15) is 22.0 Å². The first-order chi connectivity index (χ1) is 13.7. The number of benzene rings is 2. The second kappa shape index (κ2) is 8.36. The lowest BCUT2D eigenvalue weighted by molar-refractivity contribution is -0.132. The zero-order valence-electron chi connectivity index (χ0n) is 16.3. The Morgan fingerprint density at radius 1 is 0.931 bits per heavy atom. The lowest BCUT2D eigenvalue weighted by Crippen LogP contribution is -2.55. The molecule has 29 heavy (non-hydrogen) atoms. The summed E-state index contributed by atoms with van der Waals surface area (Å²) in [6.45, 7) is 3.47. The smallest absolute Gasteiger partial charge is 0.246 e. The van der Waals surface area contributed by atoms with E-state index in [1.807, 2.05) is 4.90 Å². The number of carbonyl (C=O) groups excluding carboxylic acids is 1. The van der Waals surface area contributed by atoms with Crippen molar-refractivity contribution in [2.75, 3.05) is 41.6 Å². The molecule has 0 unspecified atom stereocenters. The molecule has 0 radical (unpaired) electrons. The highest BCUT2D eigenvalue weighted by Gasteiger charge is 2.33. The summed E-state index contributed by atoms with van der Waals surface area (Å²) in [5.74, 6) is -1.12. The molecule has 9 heteroatoms. The van der Waals surface area contributed by atoms with E-state index in [4.69, 9.17) is 0 Å². The maximum atomic E-state index is 13.2. The minimum atomic E-state index is -3.75. The van der Waals surface area contributed by atoms with E-state index in [0.717, 1.165) is 28.4 Å². The number of hydrogen-bond acceptors (Lipinski definition) is 4. The molecule has 1 amide bonds. The van der Waals surface area contributed by atoms with Gasteiger partial charge in [-0.25, -0.2) is 17.2 Å². The highest BCUT2D eigenvalue weighted by molar-refractivity contribution is 7.92. The summed E-state index contributed by atoms with van der Waals surface area (Å²) in [5.41, 5.74) is 1.11. The molecular weight excluding hydrogens is 400 g/mol. The minimum absolute atomic E-state index is 0.236. The number of piperazine rings is 1. The predicted octanol–water partition coefficient (Wildman–Crippen LogP) is 2.47. The van der Waals surface area contributed by atoms with Gasteiger partial charge in [-0.05, 0) is 55.5 Å². The normalized spacial score (nSPS) is 15.9. The first-order valence-electron chi connectivity index (χ1n) is 9.21. The molecule has 6 nitrogen and oxygen atoms in total. The van der Waals surface area contributed by atoms with Gasteiger partial charge in [0.15, 0.2) is 0 Å². The average Bonchev–Trinajstić information content (AvgIpc) is 2.69. The SMILES string of the molecule is C[C@@H](C(=O)N1CCN(c2ccc(F)cc2)CC1)N(c1ccc(F)cc1)S(C)(=O)=O. The van der Waals surface area contributed by atoms with Crippen LogP contribution in [0.3, 0.4) is 0 Å². The third kappa shape index (κ3) is 4.84. The van der Waals surface area contributed by atoms with E-state index < -0.39 is 21.9 Å². The molecule has 0 spiro atoms. The lowest BCUT2D eigenvalue weighted by atomic mass is 10.2. The molecule has 1 aliphatic heterocycles. The van der Waals surface area contributed by atoms with Crippen LogP contribution in [0.15, 0.2) is 48.5 Å². The molecule has 156 valence electrons. The number of halogens is 2. The summed E-state index contributed by atoms with van der Waals surface area (Å²) in [5, 5.41) is 0. The summed E-state index contributed by atoms with van der Waals surface area (Å²) in [6, 6.07) is 10.2. The zero-order valence-corrected chi connectivity index (χ0v) is 17.1. The number of hydrogen-bond donors (Lipinski definition) is 0. The first kappa shape index (κ1) is 21.0. The van der Waals surface area contributed by atoms with Crippen molar-refractivity contribution in [3.05, 3.63) is 60.2 Å². The van der Waals surface area contributed by atoms with Crippen LogP contribution in [0, 0.1) is 11.6 Å². The summed E-state index contributed by atoms with van der Waals surface area (Å²) >= 11 is 0. The van der Waals surface area contributed by atoms with Crippen molar-refractivity contribution < 1.29 is 22.0 Å². The van der Waals surface area contributed by atoms with Crippen LogP contribution >= 0.6 is 0 Å². The molecule has 0 aliphatic carbocycles. The summed E-state index contributed by atoms with van der Waals surface area (Å²) in [6.07, 6.45) is 1.02. The van der Waals surface area contributed by atoms with Gasteiger partial charge in [0.25, 0.3) is 0 Å². The second-order valence-electron chi connectivity index (χ2n) is 7.00. The molecule has 1 atom stereocenters. The Morgan fingerprint density at radius 2 is 1.41 bits per heavy atom. The maximum absolute atomic E-state index is 13.2. The molecule has 2 aromatic rings. The highest BCUT2D eigenvalue weighted by Crippen LogP contribution is 2.23. The van der Waals surface area contributed by atoms with Gasteiger partial charge in [0.05, 0.1) is 11.9 Å². The van der Waals surface area contributed by atoms with E-state index >= 15 is 0 Å². The Kier molecular flexibility index (Phi) is 6.07. The fourth-order valence-electron chi connectivity index (χ4n) is 3.49. The van der Waals surface area contributed by atoms with Gasteiger partial charge < -0.3 is 9.80 Å². The van der Waals surface area contributed by atoms with Crippen molar-refractivity contribution in [1.82, 2.24) is 4.90 Å². The average molecular weight is 423 g/mol. The van der Waals surface area contributed by atoms with Crippen LogP contribution in [0.1, 0.15) is 6.92 Å². The highest BCUT2D eigenvalue weighted by atomic mass is 32.2. The van der Waals surface area contributed by atoms with E-state index in [2.05, 4.69) is 0 Å². The van der Waals surface area contributed by atoms with Crippen LogP contribution < -0.4 is 9.21 Å². The van der Waals surface area contributed by atoms with Crippen molar-refractivity contribution in [1.29, 1.82) is 0 Å². The van der Waals surface area contributed by atoms with E-state index in [1.165, 1.54) is 31.2 Å². The molecule has 1 saturated heterocycles. The number of amides is 1. The molecule has 1 aliphatic rings. The van der Waals surface area contributed by atoms with E-state index in [-0.39, 0.29) is 17.4 Å². The number of rotatable bonds is 5. The maximum Gasteiger partial charge on any atom is 0.246 e. The fourth-order valence-corrected chi connectivity index (χ4v) is 4.66. The Balaban J connectivity index is 1.71. The molecule has 2 aromatic carbocycles. The molecule has 1 fully saturated rings. The van der Waals surface area contributed by atoms with Crippen LogP contribution in [0.25, 0.3) is 0 Å². The van der Waals surface area contributed by atoms with Crippen molar-refractivity contribution in [3.63, 3.8) is 0 Å². The Labute approximate surface area is 169 Å². The third-order valence-electron chi connectivity index (χ3n) is 4.93. The Morgan fingerprint density at radius 3 is 1.90 bits per heavy atom. The van der Waals surface area contributed by atoms with E-state index in [0.29, 0.717) is 26.2 Å². The van der Waals surface area contributed by atoms with Crippen LogP contribution in [0.2, 0.25) is 0 Å². The predicted molar refractivity (Wildman–Crippen MR) is 108 cm³/mol. The zero-order chi connectivity index (χ0) is 21.2. The topological polar surface area (TPSA) is 60.9 Å². The molecule has 0 saturated carbocycles. The van der Waals surface area contributed by atoms with E-state index in [1.54, 1.807) is 17.0 Å². The van der Waals surface area contributed by atoms with Gasteiger partial charge >= 0.3 is 0 Å². The molecule has 3 rings (SSSR count). The molecule has 0 bridgehead atoms. The van der Waals surface area contributed by atoms with Gasteiger partial charge in [0, 0.05) is 31.9 Å². The van der Waals surface area contributed by atoms with Crippen molar-refractivity contribution in [2.45, 2.75) is 13.0 Å². The standard InChI is InChI=1S/C20H23F2N3O3S/c1-15(25(29(2,27)28)19-9-5-17(22)6-10-19)20(26)24-13-11-23(12-14-24)18-7-3-16(21)4-8-18/h3-10,15H,11-14H2,1-2H3/t15-/m0/s1. The number of anilines is 2. The molecular formula is C20H23F2N3O3S. The Hall–Kier alpha value is -2.68. The fraction of sp³-hybridized carbons (Fsp3) is 0.350. The monoisotopic (exact) mass is 423 g/mol. The van der Waals surface area contributed by atoms with Gasteiger partial charge in [0.1, 0.15) is 17.7 Å². The summed E-state index contributed by atoms with van der Waals surface area (Å²) in [4.78, 5) is 16.7. The van der Waals surface area contributed by atoms with Gasteiger partial charge in [-0.2, -0.15) is 0 Å². The van der Waals surface area contributed by atoms with Gasteiger partial charge in [-0.15, -0.1) is 0 Å². The number of sulfonamides is 1. The van der Waals surface area contributed by atoms with Gasteiger partial charge in [-0.3, -0.25) is 9.10 Å². The van der Waals surface area contributed by atoms with Crippen LogP contribution in [-0.4, -0.2) is 57.7 Å². The van der Waals surface area contributed by atoms with Crippen LogP contribution in [-0.2, 0) is 14.8 Å². The van der Waals surface area contributed by atoms with Gasteiger partial charge in [-0.1, -0.05) is 0 Å². The van der Waals surface area contributed by atoms with Crippen molar-refractivity contribution >= 4 is 27.3 Å². The first-order valence-corrected chi connectivity index (χ1v) is 11.1. The lowest BCUT2D eigenvalue weighted by Gasteiger charge is -2.39. The number of carbonyl (C=O) groups is 1. The van der Waals surface area contributed by atoms with Crippen LogP contribution in [0.4, 0.5) is 20.2 Å².